The Balaban J connectivity index is 1.96. The molecule has 0 aromatic carbocycles. The molecule has 0 unspecified atom stereocenters. The molecule has 1 aliphatic carbocycles. The minimum atomic E-state index is -0.168. The molecule has 0 radical (unpaired) electrons. The summed E-state index contributed by atoms with van der Waals surface area (Å²) in [7, 11) is 1.56. The Labute approximate surface area is 81.4 Å². The second-order valence-corrected chi connectivity index (χ2v) is 3.36. The summed E-state index contributed by atoms with van der Waals surface area (Å²) in [4.78, 5) is 11.4. The van der Waals surface area contributed by atoms with E-state index in [9.17, 15) is 4.79 Å². The van der Waals surface area contributed by atoms with E-state index in [1.54, 1.807) is 13.2 Å². The van der Waals surface area contributed by atoms with E-state index in [0.29, 0.717) is 24.1 Å². The number of hydrogen-bond acceptors (Lipinski definition) is 4. The first-order valence-electron chi connectivity index (χ1n) is 4.55. The third-order valence-corrected chi connectivity index (χ3v) is 1.99. The highest BCUT2D eigenvalue weighted by Crippen LogP contribution is 2.19. The summed E-state index contributed by atoms with van der Waals surface area (Å²) in [6.07, 6.45) is 2.13. The molecule has 1 aromatic heterocycles. The predicted molar refractivity (Wildman–Crippen MR) is 47.7 cm³/mol. The standard InChI is InChI=1S/C9H12N2O3/c1-13-5-7-4-8(11-14-7)9(12)10-6-2-3-6/h4,6H,2-3,5H2,1H3,(H,10,12). The van der Waals surface area contributed by atoms with Crippen LogP contribution in [-0.2, 0) is 11.3 Å². The van der Waals surface area contributed by atoms with Crippen LogP contribution in [-0.4, -0.2) is 24.2 Å². The number of amides is 1. The number of ether oxygens (including phenoxy) is 1. The molecule has 1 aliphatic rings. The largest absolute Gasteiger partial charge is 0.377 e. The van der Waals surface area contributed by atoms with Gasteiger partial charge in [0.15, 0.2) is 11.5 Å². The maximum atomic E-state index is 11.4. The van der Waals surface area contributed by atoms with Crippen LogP contribution in [0.25, 0.3) is 0 Å². The molecule has 5 heteroatoms. The zero-order valence-corrected chi connectivity index (χ0v) is 7.95. The topological polar surface area (TPSA) is 64.4 Å². The molecule has 1 N–H and O–H groups in total. The number of carbonyl (C=O) groups is 1. The fourth-order valence-electron chi connectivity index (χ4n) is 1.12. The lowest BCUT2D eigenvalue weighted by atomic mass is 10.3. The van der Waals surface area contributed by atoms with Gasteiger partial charge in [-0.25, -0.2) is 0 Å². The van der Waals surface area contributed by atoms with Crippen molar-refractivity contribution in [1.82, 2.24) is 10.5 Å². The molecular formula is C9H12N2O3. The van der Waals surface area contributed by atoms with Crippen LogP contribution >= 0.6 is 0 Å². The zero-order valence-electron chi connectivity index (χ0n) is 7.95. The van der Waals surface area contributed by atoms with Crippen molar-refractivity contribution >= 4 is 5.91 Å². The Morgan fingerprint density at radius 2 is 2.57 bits per heavy atom. The first kappa shape index (κ1) is 9.21. The van der Waals surface area contributed by atoms with Gasteiger partial charge in [0.1, 0.15) is 6.61 Å². The Kier molecular flexibility index (Phi) is 2.49. The van der Waals surface area contributed by atoms with Crippen LogP contribution in [0.1, 0.15) is 29.1 Å². The van der Waals surface area contributed by atoms with Crippen molar-refractivity contribution in [3.63, 3.8) is 0 Å². The third kappa shape index (κ3) is 2.11. The monoisotopic (exact) mass is 196 g/mol. The second-order valence-electron chi connectivity index (χ2n) is 3.36. The highest BCUT2D eigenvalue weighted by molar-refractivity contribution is 5.92. The van der Waals surface area contributed by atoms with E-state index in [2.05, 4.69) is 10.5 Å². The van der Waals surface area contributed by atoms with Crippen LogP contribution in [0.3, 0.4) is 0 Å². The molecule has 1 amide bonds. The van der Waals surface area contributed by atoms with Crippen molar-refractivity contribution in [1.29, 1.82) is 0 Å². The van der Waals surface area contributed by atoms with Crippen LogP contribution in [0.5, 0.6) is 0 Å². The molecular weight excluding hydrogens is 184 g/mol. The molecule has 1 fully saturated rings. The van der Waals surface area contributed by atoms with Gasteiger partial charge in [0, 0.05) is 19.2 Å². The van der Waals surface area contributed by atoms with Crippen molar-refractivity contribution in [2.75, 3.05) is 7.11 Å². The summed E-state index contributed by atoms with van der Waals surface area (Å²) in [6, 6.07) is 1.94. The minimum absolute atomic E-state index is 0.168. The minimum Gasteiger partial charge on any atom is -0.377 e. The highest BCUT2D eigenvalue weighted by Gasteiger charge is 2.25. The molecule has 2 rings (SSSR count). The number of rotatable bonds is 4. The van der Waals surface area contributed by atoms with Crippen molar-refractivity contribution < 1.29 is 14.1 Å². The summed E-state index contributed by atoms with van der Waals surface area (Å²) in [6.45, 7) is 0.337. The Bertz CT molecular complexity index is 331. The number of hydrogen-bond donors (Lipinski definition) is 1. The van der Waals surface area contributed by atoms with Gasteiger partial charge in [-0.3, -0.25) is 4.79 Å². The van der Waals surface area contributed by atoms with Gasteiger partial charge in [0.2, 0.25) is 0 Å². The highest BCUT2D eigenvalue weighted by atomic mass is 16.5. The van der Waals surface area contributed by atoms with E-state index in [0.717, 1.165) is 12.8 Å². The summed E-state index contributed by atoms with van der Waals surface area (Å²) in [5, 5.41) is 6.47. The van der Waals surface area contributed by atoms with Gasteiger partial charge in [-0.2, -0.15) is 0 Å². The Morgan fingerprint density at radius 3 is 3.21 bits per heavy atom. The quantitative estimate of drug-likeness (QED) is 0.770. The molecule has 1 saturated carbocycles. The van der Waals surface area contributed by atoms with Gasteiger partial charge < -0.3 is 14.6 Å². The van der Waals surface area contributed by atoms with Crippen molar-refractivity contribution in [3.05, 3.63) is 17.5 Å². The lowest BCUT2D eigenvalue weighted by molar-refractivity contribution is 0.0941. The summed E-state index contributed by atoms with van der Waals surface area (Å²) < 4.78 is 9.74. The molecule has 0 spiro atoms. The van der Waals surface area contributed by atoms with Crippen LogP contribution in [0.15, 0.2) is 10.6 Å². The van der Waals surface area contributed by atoms with Crippen LogP contribution in [0.2, 0.25) is 0 Å². The molecule has 76 valence electrons. The predicted octanol–water partition coefficient (Wildman–Crippen LogP) is 0.713. The van der Waals surface area contributed by atoms with E-state index in [1.165, 1.54) is 0 Å². The fraction of sp³-hybridized carbons (Fsp3) is 0.556. The number of carbonyl (C=O) groups excluding carboxylic acids is 1. The van der Waals surface area contributed by atoms with Crippen LogP contribution in [0.4, 0.5) is 0 Å². The average molecular weight is 196 g/mol. The van der Waals surface area contributed by atoms with Crippen molar-refractivity contribution in [3.8, 4) is 0 Å². The molecule has 0 saturated heterocycles. The van der Waals surface area contributed by atoms with Crippen LogP contribution in [0, 0.1) is 0 Å². The Morgan fingerprint density at radius 1 is 1.79 bits per heavy atom. The van der Waals surface area contributed by atoms with E-state index >= 15 is 0 Å². The lowest BCUT2D eigenvalue weighted by Gasteiger charge is -1.96. The fourth-order valence-corrected chi connectivity index (χ4v) is 1.12. The third-order valence-electron chi connectivity index (χ3n) is 1.99. The summed E-state index contributed by atoms with van der Waals surface area (Å²) >= 11 is 0. The van der Waals surface area contributed by atoms with E-state index in [1.807, 2.05) is 0 Å². The van der Waals surface area contributed by atoms with Gasteiger partial charge in [-0.05, 0) is 12.8 Å². The maximum absolute atomic E-state index is 11.4. The number of nitrogens with zero attached hydrogens (tertiary/aromatic N) is 1. The molecule has 14 heavy (non-hydrogen) atoms. The smallest absolute Gasteiger partial charge is 0.273 e. The number of aromatic nitrogens is 1. The van der Waals surface area contributed by atoms with Gasteiger partial charge in [-0.1, -0.05) is 5.16 Å². The van der Waals surface area contributed by atoms with Crippen LogP contribution < -0.4 is 5.32 Å². The SMILES string of the molecule is COCc1cc(C(=O)NC2CC2)no1. The molecule has 1 aromatic rings. The van der Waals surface area contributed by atoms with Gasteiger partial charge in [-0.15, -0.1) is 0 Å². The van der Waals surface area contributed by atoms with Gasteiger partial charge in [0.25, 0.3) is 5.91 Å². The van der Waals surface area contributed by atoms with Crippen molar-refractivity contribution in [2.45, 2.75) is 25.5 Å². The van der Waals surface area contributed by atoms with Gasteiger partial charge in [0.05, 0.1) is 0 Å². The summed E-state index contributed by atoms with van der Waals surface area (Å²) in [5.41, 5.74) is 0.323. The van der Waals surface area contributed by atoms with E-state index in [-0.39, 0.29) is 5.91 Å². The Hall–Kier alpha value is -1.36. The number of nitrogens with one attached hydrogen (secondary N) is 1. The summed E-state index contributed by atoms with van der Waals surface area (Å²) in [5.74, 6) is 0.395. The lowest BCUT2D eigenvalue weighted by Crippen LogP contribution is -2.25. The maximum Gasteiger partial charge on any atom is 0.273 e. The average Bonchev–Trinajstić information content (AvgIpc) is 2.83. The first-order chi connectivity index (χ1) is 6.79. The molecule has 0 aliphatic heterocycles. The normalized spacial score (nSPS) is 15.5. The second kappa shape index (κ2) is 3.79. The van der Waals surface area contributed by atoms with Gasteiger partial charge >= 0.3 is 0 Å². The van der Waals surface area contributed by atoms with E-state index < -0.39 is 0 Å². The number of methoxy groups -OCH3 is 1. The molecule has 0 bridgehead atoms. The first-order valence-corrected chi connectivity index (χ1v) is 4.55. The molecule has 5 nitrogen and oxygen atoms in total. The van der Waals surface area contributed by atoms with Crippen molar-refractivity contribution in [2.24, 2.45) is 0 Å². The zero-order chi connectivity index (χ0) is 9.97. The van der Waals surface area contributed by atoms with E-state index in [4.69, 9.17) is 9.26 Å². The molecule has 1 heterocycles. The molecule has 0 atom stereocenters.